The average Bonchev–Trinajstić information content (AvgIpc) is 2.96. The number of aryl methyl sites for hydroxylation is 1. The molecule has 1 saturated carbocycles. The Hall–Kier alpha value is -1.00. The fourth-order valence-electron chi connectivity index (χ4n) is 3.31. The van der Waals surface area contributed by atoms with Gasteiger partial charge in [0, 0.05) is 12.6 Å². The molecule has 1 aliphatic rings. The third kappa shape index (κ3) is 2.84. The summed E-state index contributed by atoms with van der Waals surface area (Å²) in [4.78, 5) is 12.6. The number of carbonyl (C=O) groups is 1. The lowest BCUT2D eigenvalue weighted by Crippen LogP contribution is -2.41. The Kier molecular flexibility index (Phi) is 4.27. The number of nitrogens with one attached hydrogen (secondary N) is 1. The van der Waals surface area contributed by atoms with Gasteiger partial charge in [-0.1, -0.05) is 31.4 Å². The molecule has 2 atom stereocenters. The van der Waals surface area contributed by atoms with E-state index in [0.717, 1.165) is 33.2 Å². The van der Waals surface area contributed by atoms with Gasteiger partial charge in [0.15, 0.2) is 0 Å². The molecule has 3 nitrogen and oxygen atoms in total. The van der Waals surface area contributed by atoms with Crippen molar-refractivity contribution in [2.24, 2.45) is 5.92 Å². The summed E-state index contributed by atoms with van der Waals surface area (Å²) in [6.07, 6.45) is 4.81. The lowest BCUT2D eigenvalue weighted by Gasteiger charge is -2.29. The molecule has 5 heteroatoms. The van der Waals surface area contributed by atoms with Crippen LogP contribution in [0.15, 0.2) is 12.1 Å². The molecule has 0 saturated heterocycles. The Balaban J connectivity index is 1.85. The second-order valence-electron chi connectivity index (χ2n) is 5.92. The number of rotatable bonds is 3. The summed E-state index contributed by atoms with van der Waals surface area (Å²) >= 11 is 7.60. The number of fused-ring (bicyclic) bond motifs is 1. The van der Waals surface area contributed by atoms with Crippen LogP contribution in [0.25, 0.3) is 10.2 Å². The SMILES string of the molecule is CCn1c(C(=O)N[C@@H]2CCCC[C@H]2C)cc2sc(Cl)cc21. The second-order valence-corrected chi connectivity index (χ2v) is 7.63. The van der Waals surface area contributed by atoms with Crippen molar-refractivity contribution in [3.05, 3.63) is 22.2 Å². The van der Waals surface area contributed by atoms with Crippen LogP contribution in [0.2, 0.25) is 4.34 Å². The fraction of sp³-hybridized carbons (Fsp3) is 0.562. The van der Waals surface area contributed by atoms with E-state index in [-0.39, 0.29) is 5.91 Å². The first-order valence-electron chi connectivity index (χ1n) is 7.69. The maximum absolute atomic E-state index is 12.6. The summed E-state index contributed by atoms with van der Waals surface area (Å²) in [5.41, 5.74) is 1.82. The van der Waals surface area contributed by atoms with Crippen LogP contribution in [0.4, 0.5) is 0 Å². The van der Waals surface area contributed by atoms with Crippen LogP contribution in [0.5, 0.6) is 0 Å². The molecule has 0 spiro atoms. The van der Waals surface area contributed by atoms with Gasteiger partial charge in [0.1, 0.15) is 5.69 Å². The molecule has 2 aromatic heterocycles. The Bertz CT molecular complexity index is 661. The summed E-state index contributed by atoms with van der Waals surface area (Å²) in [7, 11) is 0. The zero-order valence-electron chi connectivity index (χ0n) is 12.5. The van der Waals surface area contributed by atoms with Gasteiger partial charge >= 0.3 is 0 Å². The van der Waals surface area contributed by atoms with Crippen LogP contribution in [-0.2, 0) is 6.54 Å². The number of aromatic nitrogens is 1. The molecule has 2 aromatic rings. The zero-order chi connectivity index (χ0) is 15.0. The van der Waals surface area contributed by atoms with E-state index in [1.165, 1.54) is 30.6 Å². The van der Waals surface area contributed by atoms with E-state index in [9.17, 15) is 4.79 Å². The number of halogens is 1. The molecule has 114 valence electrons. The molecule has 1 N–H and O–H groups in total. The first-order valence-corrected chi connectivity index (χ1v) is 8.89. The second kappa shape index (κ2) is 6.01. The van der Waals surface area contributed by atoms with Gasteiger partial charge in [0.05, 0.1) is 14.6 Å². The Morgan fingerprint density at radius 1 is 1.43 bits per heavy atom. The molecule has 3 rings (SSSR count). The van der Waals surface area contributed by atoms with Crippen molar-refractivity contribution in [1.29, 1.82) is 0 Å². The van der Waals surface area contributed by atoms with Gasteiger partial charge in [-0.3, -0.25) is 4.79 Å². The summed E-state index contributed by atoms with van der Waals surface area (Å²) < 4.78 is 3.92. The molecule has 1 aliphatic carbocycles. The molecule has 0 aromatic carbocycles. The highest BCUT2D eigenvalue weighted by Gasteiger charge is 2.25. The predicted molar refractivity (Wildman–Crippen MR) is 89.4 cm³/mol. The first-order chi connectivity index (χ1) is 10.1. The average molecular weight is 325 g/mol. The van der Waals surface area contributed by atoms with Gasteiger partial charge in [-0.05, 0) is 37.8 Å². The molecule has 1 amide bonds. The van der Waals surface area contributed by atoms with Crippen molar-refractivity contribution in [3.8, 4) is 0 Å². The molecular weight excluding hydrogens is 304 g/mol. The predicted octanol–water partition coefficient (Wildman–Crippen LogP) is 4.68. The third-order valence-electron chi connectivity index (χ3n) is 4.54. The van der Waals surface area contributed by atoms with E-state index in [0.29, 0.717) is 12.0 Å². The van der Waals surface area contributed by atoms with Crippen molar-refractivity contribution in [3.63, 3.8) is 0 Å². The highest BCUT2D eigenvalue weighted by Crippen LogP contribution is 2.32. The normalized spacial score (nSPS) is 22.6. The van der Waals surface area contributed by atoms with Crippen molar-refractivity contribution in [2.75, 3.05) is 0 Å². The molecule has 21 heavy (non-hydrogen) atoms. The monoisotopic (exact) mass is 324 g/mol. The number of hydrogen-bond acceptors (Lipinski definition) is 2. The minimum atomic E-state index is 0.0510. The van der Waals surface area contributed by atoms with E-state index < -0.39 is 0 Å². The van der Waals surface area contributed by atoms with E-state index in [4.69, 9.17) is 11.6 Å². The first kappa shape index (κ1) is 14.9. The van der Waals surface area contributed by atoms with Gasteiger partial charge in [-0.15, -0.1) is 11.3 Å². The highest BCUT2D eigenvalue weighted by atomic mass is 35.5. The Labute approximate surface area is 134 Å². The highest BCUT2D eigenvalue weighted by molar-refractivity contribution is 7.22. The number of nitrogens with zero attached hydrogens (tertiary/aromatic N) is 1. The van der Waals surface area contributed by atoms with Gasteiger partial charge in [0.2, 0.25) is 0 Å². The smallest absolute Gasteiger partial charge is 0.268 e. The Morgan fingerprint density at radius 3 is 2.90 bits per heavy atom. The molecule has 0 radical (unpaired) electrons. The van der Waals surface area contributed by atoms with Crippen LogP contribution in [0.3, 0.4) is 0 Å². The summed E-state index contributed by atoms with van der Waals surface area (Å²) in [6, 6.07) is 4.23. The lowest BCUT2D eigenvalue weighted by molar-refractivity contribution is 0.0901. The van der Waals surface area contributed by atoms with E-state index >= 15 is 0 Å². The largest absolute Gasteiger partial charge is 0.348 e. The summed E-state index contributed by atoms with van der Waals surface area (Å²) in [6.45, 7) is 5.08. The van der Waals surface area contributed by atoms with Crippen molar-refractivity contribution < 1.29 is 4.79 Å². The van der Waals surface area contributed by atoms with Crippen LogP contribution in [0, 0.1) is 5.92 Å². The molecule has 0 unspecified atom stereocenters. The maximum atomic E-state index is 12.6. The number of hydrogen-bond donors (Lipinski definition) is 1. The van der Waals surface area contributed by atoms with Gasteiger partial charge < -0.3 is 9.88 Å². The quantitative estimate of drug-likeness (QED) is 0.873. The maximum Gasteiger partial charge on any atom is 0.268 e. The summed E-state index contributed by atoms with van der Waals surface area (Å²) in [5.74, 6) is 0.624. The van der Waals surface area contributed by atoms with Crippen LogP contribution in [-0.4, -0.2) is 16.5 Å². The van der Waals surface area contributed by atoms with Gasteiger partial charge in [-0.25, -0.2) is 0 Å². The van der Waals surface area contributed by atoms with Crippen LogP contribution < -0.4 is 5.32 Å². The number of carbonyl (C=O) groups excluding carboxylic acids is 1. The minimum absolute atomic E-state index is 0.0510. The Morgan fingerprint density at radius 2 is 2.19 bits per heavy atom. The van der Waals surface area contributed by atoms with E-state index in [2.05, 4.69) is 23.7 Å². The standard InChI is InChI=1S/C16H21ClN2OS/c1-3-19-12-9-15(17)21-14(12)8-13(19)16(20)18-11-7-5-4-6-10(11)2/h8-11H,3-7H2,1-2H3,(H,18,20)/t10-,11-/m1/s1. The van der Waals surface area contributed by atoms with Crippen LogP contribution in [0.1, 0.15) is 50.0 Å². The number of thiophene rings is 1. The molecule has 1 fully saturated rings. The fourth-order valence-corrected chi connectivity index (χ4v) is 4.49. The van der Waals surface area contributed by atoms with Crippen molar-refractivity contribution in [2.45, 2.75) is 52.1 Å². The zero-order valence-corrected chi connectivity index (χ0v) is 14.1. The summed E-state index contributed by atoms with van der Waals surface area (Å²) in [5, 5.41) is 3.24. The topological polar surface area (TPSA) is 34.0 Å². The third-order valence-corrected chi connectivity index (χ3v) is 5.74. The van der Waals surface area contributed by atoms with Gasteiger partial charge in [0.25, 0.3) is 5.91 Å². The van der Waals surface area contributed by atoms with Crippen LogP contribution >= 0.6 is 22.9 Å². The van der Waals surface area contributed by atoms with Gasteiger partial charge in [-0.2, -0.15) is 0 Å². The number of amides is 1. The molecule has 2 heterocycles. The molecule has 0 bridgehead atoms. The van der Waals surface area contributed by atoms with E-state index in [1.807, 2.05) is 12.1 Å². The van der Waals surface area contributed by atoms with Crippen molar-refractivity contribution >= 4 is 39.1 Å². The minimum Gasteiger partial charge on any atom is -0.348 e. The van der Waals surface area contributed by atoms with E-state index in [1.54, 1.807) is 0 Å². The van der Waals surface area contributed by atoms with Crippen molar-refractivity contribution in [1.82, 2.24) is 9.88 Å². The molecule has 0 aliphatic heterocycles. The molecular formula is C16H21ClN2OS. The lowest BCUT2D eigenvalue weighted by atomic mass is 9.86.